The van der Waals surface area contributed by atoms with Crippen molar-refractivity contribution in [3.05, 3.63) is 0 Å². The van der Waals surface area contributed by atoms with Crippen LogP contribution in [-0.2, 0) is 19.1 Å². The molecule has 1 fully saturated rings. The van der Waals surface area contributed by atoms with Crippen LogP contribution in [0.5, 0.6) is 0 Å². The summed E-state index contributed by atoms with van der Waals surface area (Å²) in [6.07, 6.45) is 3.74. The standard InChI is InChI=1S/C13H23N3O4/c1-8(14)10(17)16-9(2)11(18)20-12(19)13(15)6-4-3-5-7-13/h8-9H,3-7,14-15H2,1-2H3,(H,16,17)/t8-,9-/m0/s1. The van der Waals surface area contributed by atoms with Gasteiger partial charge in [0.25, 0.3) is 0 Å². The molecular weight excluding hydrogens is 262 g/mol. The number of carbonyl (C=O) groups excluding carboxylic acids is 3. The number of esters is 2. The largest absolute Gasteiger partial charge is 0.390 e. The Morgan fingerprint density at radius 2 is 1.70 bits per heavy atom. The van der Waals surface area contributed by atoms with Gasteiger partial charge >= 0.3 is 11.9 Å². The molecule has 7 heteroatoms. The molecular formula is C13H23N3O4. The van der Waals surface area contributed by atoms with Crippen LogP contribution >= 0.6 is 0 Å². The lowest BCUT2D eigenvalue weighted by atomic mass is 9.83. The maximum absolute atomic E-state index is 11.9. The zero-order valence-corrected chi connectivity index (χ0v) is 12.0. The molecule has 1 amide bonds. The minimum atomic E-state index is -1.08. The van der Waals surface area contributed by atoms with E-state index in [0.717, 1.165) is 19.3 Å². The number of amides is 1. The first-order valence-electron chi connectivity index (χ1n) is 6.87. The average Bonchev–Trinajstić information content (AvgIpc) is 2.39. The van der Waals surface area contributed by atoms with Gasteiger partial charge in [0, 0.05) is 0 Å². The van der Waals surface area contributed by atoms with E-state index in [1.54, 1.807) is 0 Å². The summed E-state index contributed by atoms with van der Waals surface area (Å²) in [6.45, 7) is 2.93. The second kappa shape index (κ2) is 6.81. The smallest absolute Gasteiger partial charge is 0.336 e. The quantitative estimate of drug-likeness (QED) is 0.475. The van der Waals surface area contributed by atoms with Crippen molar-refractivity contribution in [3.8, 4) is 0 Å². The summed E-state index contributed by atoms with van der Waals surface area (Å²) in [5.74, 6) is -2.02. The summed E-state index contributed by atoms with van der Waals surface area (Å²) in [7, 11) is 0. The highest BCUT2D eigenvalue weighted by Gasteiger charge is 2.38. The van der Waals surface area contributed by atoms with Gasteiger partial charge in [-0.2, -0.15) is 0 Å². The molecule has 0 aromatic rings. The monoisotopic (exact) mass is 285 g/mol. The molecule has 0 aliphatic heterocycles. The number of rotatable bonds is 4. The van der Waals surface area contributed by atoms with Gasteiger partial charge in [0.05, 0.1) is 6.04 Å². The first-order valence-corrected chi connectivity index (χ1v) is 6.87. The Bertz CT molecular complexity index is 389. The molecule has 1 rings (SSSR count). The van der Waals surface area contributed by atoms with Crippen LogP contribution in [0.1, 0.15) is 46.0 Å². The fourth-order valence-electron chi connectivity index (χ4n) is 2.07. The van der Waals surface area contributed by atoms with Crippen LogP contribution in [-0.4, -0.2) is 35.5 Å². The zero-order chi connectivity index (χ0) is 15.3. The van der Waals surface area contributed by atoms with Crippen LogP contribution in [0.2, 0.25) is 0 Å². The van der Waals surface area contributed by atoms with Crippen LogP contribution in [0.3, 0.4) is 0 Å². The van der Waals surface area contributed by atoms with Crippen molar-refractivity contribution in [2.24, 2.45) is 11.5 Å². The van der Waals surface area contributed by atoms with E-state index in [9.17, 15) is 14.4 Å². The number of carbonyl (C=O) groups is 3. The van der Waals surface area contributed by atoms with Gasteiger partial charge in [-0.1, -0.05) is 19.3 Å². The van der Waals surface area contributed by atoms with Crippen molar-refractivity contribution in [2.45, 2.75) is 63.6 Å². The Morgan fingerprint density at radius 3 is 2.20 bits per heavy atom. The Morgan fingerprint density at radius 1 is 1.15 bits per heavy atom. The van der Waals surface area contributed by atoms with E-state index in [2.05, 4.69) is 5.32 Å². The van der Waals surface area contributed by atoms with E-state index in [1.165, 1.54) is 13.8 Å². The van der Waals surface area contributed by atoms with Gasteiger partial charge in [0.15, 0.2) is 0 Å². The average molecular weight is 285 g/mol. The molecule has 114 valence electrons. The van der Waals surface area contributed by atoms with E-state index >= 15 is 0 Å². The zero-order valence-electron chi connectivity index (χ0n) is 12.0. The van der Waals surface area contributed by atoms with Crippen LogP contribution in [0, 0.1) is 0 Å². The summed E-state index contributed by atoms with van der Waals surface area (Å²) in [5, 5.41) is 2.37. The van der Waals surface area contributed by atoms with Gasteiger partial charge in [0.1, 0.15) is 11.6 Å². The number of hydrogen-bond acceptors (Lipinski definition) is 6. The summed E-state index contributed by atoms with van der Waals surface area (Å²) >= 11 is 0. The predicted octanol–water partition coefficient (Wildman–Crippen LogP) is -0.430. The Balaban J connectivity index is 2.52. The van der Waals surface area contributed by atoms with Gasteiger partial charge in [-0.3, -0.25) is 4.79 Å². The van der Waals surface area contributed by atoms with Crippen LogP contribution in [0.15, 0.2) is 0 Å². The molecule has 5 N–H and O–H groups in total. The molecule has 1 aliphatic rings. The van der Waals surface area contributed by atoms with Gasteiger partial charge < -0.3 is 21.5 Å². The normalized spacial score (nSPS) is 20.6. The minimum Gasteiger partial charge on any atom is -0.390 e. The minimum absolute atomic E-state index is 0.484. The number of nitrogens with two attached hydrogens (primary N) is 2. The van der Waals surface area contributed by atoms with E-state index in [4.69, 9.17) is 16.2 Å². The summed E-state index contributed by atoms with van der Waals surface area (Å²) in [6, 6.07) is -1.68. The summed E-state index contributed by atoms with van der Waals surface area (Å²) < 4.78 is 4.78. The third-order valence-corrected chi connectivity index (χ3v) is 3.47. The molecule has 7 nitrogen and oxygen atoms in total. The second-order valence-corrected chi connectivity index (χ2v) is 5.44. The molecule has 0 unspecified atom stereocenters. The fraction of sp³-hybridized carbons (Fsp3) is 0.769. The molecule has 0 spiro atoms. The van der Waals surface area contributed by atoms with Crippen LogP contribution < -0.4 is 16.8 Å². The molecule has 0 saturated heterocycles. The molecule has 0 aromatic heterocycles. The molecule has 0 aromatic carbocycles. The van der Waals surface area contributed by atoms with Gasteiger partial charge in [0.2, 0.25) is 5.91 Å². The van der Waals surface area contributed by atoms with Crippen molar-refractivity contribution in [1.29, 1.82) is 0 Å². The Labute approximate surface area is 118 Å². The van der Waals surface area contributed by atoms with E-state index < -0.39 is 35.5 Å². The molecule has 2 atom stereocenters. The van der Waals surface area contributed by atoms with Crippen molar-refractivity contribution < 1.29 is 19.1 Å². The highest BCUT2D eigenvalue weighted by molar-refractivity contribution is 5.95. The topological polar surface area (TPSA) is 125 Å². The highest BCUT2D eigenvalue weighted by Crippen LogP contribution is 2.27. The van der Waals surface area contributed by atoms with Crippen molar-refractivity contribution in [2.75, 3.05) is 0 Å². The van der Waals surface area contributed by atoms with E-state index in [0.29, 0.717) is 12.8 Å². The molecule has 20 heavy (non-hydrogen) atoms. The second-order valence-electron chi connectivity index (χ2n) is 5.44. The van der Waals surface area contributed by atoms with E-state index in [1.807, 2.05) is 0 Å². The lowest BCUT2D eigenvalue weighted by Gasteiger charge is -2.30. The van der Waals surface area contributed by atoms with Crippen LogP contribution in [0.4, 0.5) is 0 Å². The lowest BCUT2D eigenvalue weighted by molar-refractivity contribution is -0.166. The Kier molecular flexibility index (Phi) is 5.64. The summed E-state index contributed by atoms with van der Waals surface area (Å²) in [5.41, 5.74) is 10.3. The lowest BCUT2D eigenvalue weighted by Crippen LogP contribution is -2.53. The number of nitrogens with one attached hydrogen (secondary N) is 1. The molecule has 1 saturated carbocycles. The van der Waals surface area contributed by atoms with Gasteiger partial charge in [-0.15, -0.1) is 0 Å². The van der Waals surface area contributed by atoms with Crippen molar-refractivity contribution in [1.82, 2.24) is 5.32 Å². The molecule has 0 heterocycles. The number of ether oxygens (including phenoxy) is 1. The highest BCUT2D eigenvalue weighted by atomic mass is 16.6. The Hall–Kier alpha value is -1.47. The first-order chi connectivity index (χ1) is 9.26. The summed E-state index contributed by atoms with van der Waals surface area (Å²) in [4.78, 5) is 35.0. The number of hydrogen-bond donors (Lipinski definition) is 3. The van der Waals surface area contributed by atoms with Crippen molar-refractivity contribution in [3.63, 3.8) is 0 Å². The SMILES string of the molecule is C[C@H](N)C(=O)N[C@@H](C)C(=O)OC(=O)C1(N)CCCCC1. The first kappa shape index (κ1) is 16.6. The maximum atomic E-state index is 11.9. The van der Waals surface area contributed by atoms with Crippen molar-refractivity contribution >= 4 is 17.8 Å². The molecule has 0 radical (unpaired) electrons. The third kappa shape index (κ3) is 4.28. The third-order valence-electron chi connectivity index (χ3n) is 3.47. The molecule has 0 bridgehead atoms. The van der Waals surface area contributed by atoms with E-state index in [-0.39, 0.29) is 0 Å². The van der Waals surface area contributed by atoms with Gasteiger partial charge in [-0.25, -0.2) is 9.59 Å². The predicted molar refractivity (Wildman–Crippen MR) is 72.4 cm³/mol. The van der Waals surface area contributed by atoms with Gasteiger partial charge in [-0.05, 0) is 26.7 Å². The fourth-order valence-corrected chi connectivity index (χ4v) is 2.07. The maximum Gasteiger partial charge on any atom is 0.336 e. The van der Waals surface area contributed by atoms with Crippen LogP contribution in [0.25, 0.3) is 0 Å². The molecule has 1 aliphatic carbocycles.